The Bertz CT molecular complexity index is 286. The summed E-state index contributed by atoms with van der Waals surface area (Å²) < 4.78 is 0. The second-order valence-corrected chi connectivity index (χ2v) is 8.93. The van der Waals surface area contributed by atoms with Crippen LogP contribution in [0.15, 0.2) is 0 Å². The van der Waals surface area contributed by atoms with Crippen molar-refractivity contribution in [2.45, 2.75) is 69.5 Å². The summed E-state index contributed by atoms with van der Waals surface area (Å²) in [4.78, 5) is 0.0298. The Morgan fingerprint density at radius 1 is 1.00 bits per heavy atom. The Morgan fingerprint density at radius 2 is 1.58 bits per heavy atom. The summed E-state index contributed by atoms with van der Waals surface area (Å²) in [5, 5.41) is 0. The molecule has 0 aromatic heterocycles. The molecule has 19 heavy (non-hydrogen) atoms. The molecule has 2 aliphatic carbocycles. The largest absolute Gasteiger partial charge is 0.147 e. The molecule has 0 amide bonds. The maximum absolute atomic E-state index is 6.77. The molecule has 2 aliphatic rings. The fourth-order valence-corrected chi connectivity index (χ4v) is 4.95. The van der Waals surface area contributed by atoms with Gasteiger partial charge in [-0.25, -0.2) is 0 Å². The van der Waals surface area contributed by atoms with Crippen molar-refractivity contribution in [2.24, 2.45) is 23.7 Å². The summed E-state index contributed by atoms with van der Waals surface area (Å²) in [6.07, 6.45) is 5.96. The predicted molar refractivity (Wildman–Crippen MR) is 91.4 cm³/mol. The van der Waals surface area contributed by atoms with E-state index in [0.717, 1.165) is 30.6 Å². The topological polar surface area (TPSA) is 0 Å². The number of fused-ring (bicyclic) bond motifs is 1. The van der Waals surface area contributed by atoms with E-state index >= 15 is 0 Å². The Balaban J connectivity index is 0.00000162. The van der Waals surface area contributed by atoms with E-state index < -0.39 is 0 Å². The maximum atomic E-state index is 6.77. The van der Waals surface area contributed by atoms with Crippen LogP contribution in [0.3, 0.4) is 0 Å². The van der Waals surface area contributed by atoms with Crippen LogP contribution in [-0.4, -0.2) is 9.75 Å². The van der Waals surface area contributed by atoms with Gasteiger partial charge in [0.15, 0.2) is 0 Å². The maximum Gasteiger partial charge on any atom is 0.0449 e. The fraction of sp³-hybridized carbons (Fsp3) is 1.00. The molecule has 2 saturated carbocycles. The van der Waals surface area contributed by atoms with Crippen molar-refractivity contribution in [3.63, 3.8) is 0 Å². The van der Waals surface area contributed by atoms with Crippen molar-refractivity contribution in [3.05, 3.63) is 0 Å². The molecule has 0 unspecified atom stereocenters. The Morgan fingerprint density at radius 3 is 2.11 bits per heavy atom. The Hall–Kier alpha value is 1.16. The van der Waals surface area contributed by atoms with Gasteiger partial charge in [-0.05, 0) is 69.6 Å². The van der Waals surface area contributed by atoms with E-state index in [4.69, 9.17) is 23.2 Å². The standard InChI is InChI=1S/C15H26Cl2.2ClH/c1-10(2)11-5-8-15(4,17)13-6-7-14(3,16)9-12(11)13;;/h10-13H,5-9H2,1-4H3;2*1H/t11-,12-,13+,14+,15+;;/m0../s1. The van der Waals surface area contributed by atoms with E-state index in [1.807, 2.05) is 0 Å². The van der Waals surface area contributed by atoms with Gasteiger partial charge in [0.1, 0.15) is 0 Å². The van der Waals surface area contributed by atoms with Crippen LogP contribution >= 0.6 is 48.0 Å². The van der Waals surface area contributed by atoms with E-state index in [9.17, 15) is 0 Å². The summed E-state index contributed by atoms with van der Waals surface area (Å²) >= 11 is 13.4. The summed E-state index contributed by atoms with van der Waals surface area (Å²) in [6, 6.07) is 0. The fourth-order valence-electron chi connectivity index (χ4n) is 4.28. The highest BCUT2D eigenvalue weighted by molar-refractivity contribution is 6.24. The Kier molecular flexibility index (Phi) is 7.37. The van der Waals surface area contributed by atoms with Crippen LogP contribution in [0.25, 0.3) is 0 Å². The zero-order valence-electron chi connectivity index (χ0n) is 12.4. The normalized spacial score (nSPS) is 45.9. The molecule has 0 nitrogen and oxygen atoms in total. The number of halogens is 4. The zero-order valence-corrected chi connectivity index (χ0v) is 15.6. The van der Waals surface area contributed by atoms with Gasteiger partial charge in [0.05, 0.1) is 0 Å². The molecule has 0 heterocycles. The molecule has 2 rings (SSSR count). The molecule has 0 radical (unpaired) electrons. The van der Waals surface area contributed by atoms with Crippen molar-refractivity contribution in [1.82, 2.24) is 0 Å². The molecule has 0 N–H and O–H groups in total. The minimum atomic E-state index is 0. The first-order valence-corrected chi connectivity index (χ1v) is 7.86. The lowest BCUT2D eigenvalue weighted by molar-refractivity contribution is 0.0357. The van der Waals surface area contributed by atoms with E-state index in [-0.39, 0.29) is 34.6 Å². The highest BCUT2D eigenvalue weighted by Gasteiger charge is 2.50. The van der Waals surface area contributed by atoms with Gasteiger partial charge in [-0.1, -0.05) is 13.8 Å². The lowest BCUT2D eigenvalue weighted by Crippen LogP contribution is -2.49. The molecule has 0 bridgehead atoms. The van der Waals surface area contributed by atoms with Crippen molar-refractivity contribution in [3.8, 4) is 0 Å². The summed E-state index contributed by atoms with van der Waals surface area (Å²) in [5.41, 5.74) is 0. The summed E-state index contributed by atoms with van der Waals surface area (Å²) in [7, 11) is 0. The summed E-state index contributed by atoms with van der Waals surface area (Å²) in [5.74, 6) is 3.01. The minimum absolute atomic E-state index is 0. The van der Waals surface area contributed by atoms with Crippen molar-refractivity contribution in [1.29, 1.82) is 0 Å². The van der Waals surface area contributed by atoms with Crippen LogP contribution in [0.5, 0.6) is 0 Å². The van der Waals surface area contributed by atoms with Gasteiger partial charge in [0.2, 0.25) is 0 Å². The van der Waals surface area contributed by atoms with Crippen molar-refractivity contribution >= 4 is 48.0 Å². The highest BCUT2D eigenvalue weighted by atomic mass is 35.5. The molecular weight excluding hydrogens is 322 g/mol. The average Bonchev–Trinajstić information content (AvgIpc) is 2.14. The first-order chi connectivity index (χ1) is 7.73. The molecule has 5 atom stereocenters. The van der Waals surface area contributed by atoms with E-state index in [1.54, 1.807) is 0 Å². The summed E-state index contributed by atoms with van der Waals surface area (Å²) in [6.45, 7) is 9.18. The lowest BCUT2D eigenvalue weighted by atomic mass is 9.57. The van der Waals surface area contributed by atoms with Crippen LogP contribution in [0.1, 0.15) is 59.8 Å². The van der Waals surface area contributed by atoms with Gasteiger partial charge in [-0.3, -0.25) is 0 Å². The molecule has 116 valence electrons. The first kappa shape index (κ1) is 20.2. The molecule has 4 heteroatoms. The van der Waals surface area contributed by atoms with Gasteiger partial charge >= 0.3 is 0 Å². The minimum Gasteiger partial charge on any atom is -0.147 e. The van der Waals surface area contributed by atoms with E-state index in [2.05, 4.69) is 27.7 Å². The molecule has 2 fully saturated rings. The smallest absolute Gasteiger partial charge is 0.0449 e. The monoisotopic (exact) mass is 348 g/mol. The van der Waals surface area contributed by atoms with E-state index in [0.29, 0.717) is 5.92 Å². The predicted octanol–water partition coefficient (Wildman–Crippen LogP) is 6.31. The molecule has 0 saturated heterocycles. The number of alkyl halides is 2. The third-order valence-electron chi connectivity index (χ3n) is 5.30. The highest BCUT2D eigenvalue weighted by Crippen LogP contribution is 2.56. The van der Waals surface area contributed by atoms with Crippen LogP contribution < -0.4 is 0 Å². The second-order valence-electron chi connectivity index (χ2n) is 7.15. The van der Waals surface area contributed by atoms with E-state index in [1.165, 1.54) is 19.3 Å². The van der Waals surface area contributed by atoms with Gasteiger partial charge in [0, 0.05) is 9.75 Å². The van der Waals surface area contributed by atoms with Crippen LogP contribution in [0.2, 0.25) is 0 Å². The lowest BCUT2D eigenvalue weighted by Gasteiger charge is -2.53. The first-order valence-electron chi connectivity index (χ1n) is 7.11. The van der Waals surface area contributed by atoms with Crippen molar-refractivity contribution in [2.75, 3.05) is 0 Å². The van der Waals surface area contributed by atoms with Gasteiger partial charge < -0.3 is 0 Å². The van der Waals surface area contributed by atoms with Crippen LogP contribution in [-0.2, 0) is 0 Å². The quantitative estimate of drug-likeness (QED) is 0.486. The molecular formula is C15H28Cl4. The van der Waals surface area contributed by atoms with Crippen LogP contribution in [0.4, 0.5) is 0 Å². The Labute approximate surface area is 141 Å². The number of hydrogen-bond acceptors (Lipinski definition) is 0. The van der Waals surface area contributed by atoms with Crippen LogP contribution in [0, 0.1) is 23.7 Å². The van der Waals surface area contributed by atoms with Gasteiger partial charge in [-0.2, -0.15) is 0 Å². The van der Waals surface area contributed by atoms with Gasteiger partial charge in [-0.15, -0.1) is 48.0 Å². The molecule has 0 spiro atoms. The molecule has 0 aromatic carbocycles. The van der Waals surface area contributed by atoms with Gasteiger partial charge in [0.25, 0.3) is 0 Å². The number of rotatable bonds is 1. The van der Waals surface area contributed by atoms with Crippen molar-refractivity contribution < 1.29 is 0 Å². The SMILES string of the molecule is CC(C)[C@@H]1CC[C@@](C)(Cl)[C@@H]2CC[C@@](C)(Cl)C[C@H]21.Cl.Cl. The number of hydrogen-bond donors (Lipinski definition) is 0. The second kappa shape index (κ2) is 6.95. The third-order valence-corrected chi connectivity index (χ3v) is 6.11. The molecule has 0 aromatic rings. The zero-order chi connectivity index (χ0) is 12.8. The third kappa shape index (κ3) is 4.31. The average molecular weight is 350 g/mol. The molecule has 0 aliphatic heterocycles.